The number of aromatic hydroxyl groups is 1. The zero-order valence-corrected chi connectivity index (χ0v) is 43.0. The van der Waals surface area contributed by atoms with E-state index in [2.05, 4.69) is 51.8 Å². The second-order valence-electron chi connectivity index (χ2n) is 21.7. The van der Waals surface area contributed by atoms with Crippen molar-refractivity contribution in [3.8, 4) is 51.5 Å². The van der Waals surface area contributed by atoms with Gasteiger partial charge in [-0.1, -0.05) is 12.1 Å². The maximum atomic E-state index is 14.7. The smallest absolute Gasteiger partial charge is 0.336 e. The topological polar surface area (TPSA) is 153 Å². The molecule has 7 heterocycles. The number of phenols is 1. The molecule has 12 nitrogen and oxygen atoms in total. The fourth-order valence-electron chi connectivity index (χ4n) is 13.6. The molecule has 3 N–H and O–H groups in total. The number of amides is 2. The summed E-state index contributed by atoms with van der Waals surface area (Å²) >= 11 is 0. The summed E-state index contributed by atoms with van der Waals surface area (Å²) in [6.07, 6.45) is 10.7. The Bertz CT molecular complexity index is 3900. The molecule has 382 valence electrons. The molecule has 0 spiro atoms. The zero-order valence-electron chi connectivity index (χ0n) is 43.0. The van der Waals surface area contributed by atoms with E-state index in [9.17, 15) is 29.4 Å². The molecule has 2 amide bonds. The third-order valence-electron chi connectivity index (χ3n) is 17.2. The van der Waals surface area contributed by atoms with Crippen molar-refractivity contribution < 1.29 is 33.8 Å². The predicted molar refractivity (Wildman–Crippen MR) is 293 cm³/mol. The van der Waals surface area contributed by atoms with Crippen molar-refractivity contribution in [2.75, 3.05) is 44.2 Å². The first kappa shape index (κ1) is 47.5. The van der Waals surface area contributed by atoms with Crippen LogP contribution in [0.4, 0.5) is 5.69 Å². The number of carbonyl (C=O) groups excluding carboxylic acids is 2. The van der Waals surface area contributed by atoms with Gasteiger partial charge in [0.15, 0.2) is 5.43 Å². The van der Waals surface area contributed by atoms with Crippen molar-refractivity contribution in [1.29, 1.82) is 0 Å². The van der Waals surface area contributed by atoms with Crippen LogP contribution in [0.25, 0.3) is 39.0 Å². The van der Waals surface area contributed by atoms with Crippen LogP contribution >= 0.6 is 0 Å². The Morgan fingerprint density at radius 2 is 1.51 bits per heavy atom. The second-order valence-corrected chi connectivity index (χ2v) is 21.7. The highest BCUT2D eigenvalue weighted by molar-refractivity contribution is 6.09. The van der Waals surface area contributed by atoms with Crippen molar-refractivity contribution in [3.63, 3.8) is 0 Å². The first-order valence-electron chi connectivity index (χ1n) is 27.1. The van der Waals surface area contributed by atoms with Gasteiger partial charge in [-0.05, 0) is 155 Å². The highest BCUT2D eigenvalue weighted by Crippen LogP contribution is 2.49. The summed E-state index contributed by atoms with van der Waals surface area (Å²) in [5.74, 6) is 6.70. The Kier molecular flexibility index (Phi) is 11.6. The molecule has 13 rings (SSSR count). The van der Waals surface area contributed by atoms with Gasteiger partial charge >= 0.3 is 5.97 Å². The lowest BCUT2D eigenvalue weighted by Gasteiger charge is -2.42. The van der Waals surface area contributed by atoms with Crippen molar-refractivity contribution in [2.45, 2.75) is 96.4 Å². The van der Waals surface area contributed by atoms with E-state index in [4.69, 9.17) is 9.15 Å². The minimum atomic E-state index is -1.23. The van der Waals surface area contributed by atoms with Gasteiger partial charge < -0.3 is 34.5 Å². The summed E-state index contributed by atoms with van der Waals surface area (Å²) < 4.78 is 15.9. The van der Waals surface area contributed by atoms with Crippen LogP contribution in [0, 0.1) is 18.8 Å². The molecule has 5 aromatic carbocycles. The average molecular weight is 1010 g/mol. The normalized spacial score (nSPS) is 16.9. The number of likely N-dealkylation sites (tertiary alicyclic amines) is 1. The Hall–Kier alpha value is -8.17. The molecule has 12 heteroatoms. The zero-order chi connectivity index (χ0) is 52.0. The molecule has 1 saturated heterocycles. The second kappa shape index (κ2) is 18.6. The summed E-state index contributed by atoms with van der Waals surface area (Å²) in [5.41, 5.74) is 12.7. The van der Waals surface area contributed by atoms with E-state index >= 15 is 0 Å². The Morgan fingerprint density at radius 3 is 2.32 bits per heavy atom. The number of ether oxygens (including phenoxy) is 1. The third-order valence-corrected chi connectivity index (χ3v) is 17.2. The van der Waals surface area contributed by atoms with Gasteiger partial charge in [0.05, 0.1) is 11.1 Å². The third kappa shape index (κ3) is 7.93. The number of nitrogens with zero attached hydrogens (tertiary/aromatic N) is 3. The van der Waals surface area contributed by atoms with Crippen LogP contribution in [0.5, 0.6) is 17.2 Å². The number of hydrogen-bond acceptors (Lipinski definition) is 8. The number of anilines is 1. The van der Waals surface area contributed by atoms with Crippen molar-refractivity contribution >= 4 is 40.0 Å². The molecule has 0 unspecified atom stereocenters. The van der Waals surface area contributed by atoms with Gasteiger partial charge in [0.25, 0.3) is 11.8 Å². The van der Waals surface area contributed by atoms with Gasteiger partial charge in [-0.25, -0.2) is 9.37 Å². The molecule has 8 aliphatic rings. The van der Waals surface area contributed by atoms with Crippen LogP contribution < -0.4 is 35.5 Å². The van der Waals surface area contributed by atoms with Gasteiger partial charge in [-0.15, -0.1) is 11.8 Å². The van der Waals surface area contributed by atoms with Crippen LogP contribution in [0.15, 0.2) is 94.1 Å². The molecule has 0 radical (unpaired) electrons. The van der Waals surface area contributed by atoms with Crippen LogP contribution in [0.3, 0.4) is 0 Å². The largest absolute Gasteiger partial charge is 0.508 e. The van der Waals surface area contributed by atoms with Crippen LogP contribution in [-0.2, 0) is 25.7 Å². The van der Waals surface area contributed by atoms with Gasteiger partial charge in [0, 0.05) is 124 Å². The number of phenolic OH excluding ortho intramolecular Hbond substituents is 1. The monoisotopic (exact) mass is 1010 g/mol. The summed E-state index contributed by atoms with van der Waals surface area (Å²) in [5, 5.41) is 27.5. The highest BCUT2D eigenvalue weighted by Gasteiger charge is 2.39. The highest BCUT2D eigenvalue weighted by atomic mass is 16.5. The Labute approximate surface area is 440 Å². The SMILES string of the molecule is CC#CCCC1(NC(=O)c2ccc(C3=c4cc5c6c(c4Oc4c3cc3c7c4CCCN7CCC3)CCC[N+]=6CCC5)c(C)c2)CCN(C(=O)c2ccc(-c3c4ccc(=O)cc-4oc4cc(O)ccc34)c(C(=O)O)c2)CC1. The van der Waals surface area contributed by atoms with E-state index in [0.29, 0.717) is 66.4 Å². The van der Waals surface area contributed by atoms with Gasteiger partial charge in [-0.3, -0.25) is 14.4 Å². The summed E-state index contributed by atoms with van der Waals surface area (Å²) in [6.45, 7) is 8.94. The molecule has 7 aliphatic heterocycles. The minimum Gasteiger partial charge on any atom is -0.508 e. The number of nitrogens with one attached hydrogen (secondary N) is 1. The van der Waals surface area contributed by atoms with Crippen molar-refractivity contribution in [1.82, 2.24) is 14.8 Å². The van der Waals surface area contributed by atoms with Gasteiger partial charge in [0.1, 0.15) is 41.7 Å². The molecule has 76 heavy (non-hydrogen) atoms. The van der Waals surface area contributed by atoms with E-state index in [1.807, 2.05) is 19.1 Å². The van der Waals surface area contributed by atoms with E-state index in [-0.39, 0.29) is 45.5 Å². The van der Waals surface area contributed by atoms with Gasteiger partial charge in [-0.2, -0.15) is 0 Å². The van der Waals surface area contributed by atoms with Gasteiger partial charge in [0.2, 0.25) is 5.36 Å². The lowest BCUT2D eigenvalue weighted by atomic mass is 9.81. The van der Waals surface area contributed by atoms with E-state index < -0.39 is 11.5 Å². The molecule has 0 bridgehead atoms. The molecular formula is C64H59N4O8+. The van der Waals surface area contributed by atoms with Crippen LogP contribution in [0.1, 0.15) is 128 Å². The predicted octanol–water partition coefficient (Wildman–Crippen LogP) is 8.92. The molecule has 1 fully saturated rings. The number of piperidine rings is 1. The van der Waals surface area contributed by atoms with Crippen molar-refractivity contribution in [2.24, 2.45) is 0 Å². The van der Waals surface area contributed by atoms with Crippen LogP contribution in [0.2, 0.25) is 0 Å². The number of aryl methyl sites for hydroxylation is 3. The maximum Gasteiger partial charge on any atom is 0.336 e. The summed E-state index contributed by atoms with van der Waals surface area (Å²) in [4.78, 5) is 58.8. The first-order valence-corrected chi connectivity index (χ1v) is 27.1. The summed E-state index contributed by atoms with van der Waals surface area (Å²) in [7, 11) is 0. The maximum absolute atomic E-state index is 14.7. The van der Waals surface area contributed by atoms with Crippen LogP contribution in [-0.4, -0.2) is 77.7 Å². The lowest BCUT2D eigenvalue weighted by Crippen LogP contribution is -2.56. The number of carboxylic acid groups (broad SMARTS) is 1. The number of hydrogen-bond donors (Lipinski definition) is 3. The number of carbonyl (C=O) groups is 3. The average Bonchev–Trinajstić information content (AvgIpc) is 3.43. The van der Waals surface area contributed by atoms with E-state index in [1.165, 1.54) is 69.2 Å². The Balaban J connectivity index is 0.807. The standard InChI is InChI=1S/C64H58N4O8/c1-3-4-5-22-64(23-29-68(30-24-64)62(72)41-15-19-45(50(34-41)63(73)74)56-46-20-16-42(69)35-53(46)75-54-36-43(70)17-21-47(54)56)65-61(71)40-14-18-44(37(2)31-40)55-51-32-38-10-6-25-66-27-8-12-48(57(38)66)59(51)76-60-49-13-9-28-67-26-7-11-39(58(49)67)33-52(55)60/h14-21,31-36H,5-13,22-30H2,1-2H3,(H2-,65,69,70,71,73,74)/p+1. The number of benzene rings is 6. The molecule has 0 saturated carbocycles. The van der Waals surface area contributed by atoms with Crippen molar-refractivity contribution in [3.05, 3.63) is 161 Å². The molecule has 5 aromatic rings. The first-order chi connectivity index (χ1) is 37.0. The lowest BCUT2D eigenvalue weighted by molar-refractivity contribution is 0.0609. The van der Waals surface area contributed by atoms with E-state index in [1.54, 1.807) is 29.2 Å². The molecule has 0 aromatic heterocycles. The molecule has 1 aliphatic carbocycles. The quantitative estimate of drug-likeness (QED) is 0.0770. The fourth-order valence-corrected chi connectivity index (χ4v) is 13.6. The number of rotatable bonds is 8. The minimum absolute atomic E-state index is 0.0500. The molecule has 0 atom stereocenters. The molecular weight excluding hydrogens is 953 g/mol. The Morgan fingerprint density at radius 1 is 0.763 bits per heavy atom. The summed E-state index contributed by atoms with van der Waals surface area (Å²) in [6, 6.07) is 24.5. The number of fused-ring (bicyclic) bond motifs is 6. The number of aromatic carboxylic acids is 1. The number of carboxylic acids is 1. The van der Waals surface area contributed by atoms with E-state index in [0.717, 1.165) is 111 Å². The fraction of sp³-hybridized carbons (Fsp3) is 0.328.